The molecule has 42 heavy (non-hydrogen) atoms. The van der Waals surface area contributed by atoms with E-state index in [4.69, 9.17) is 11.6 Å². The number of aliphatic carboxylic acids is 1. The van der Waals surface area contributed by atoms with Gasteiger partial charge in [0.05, 0.1) is 0 Å². The van der Waals surface area contributed by atoms with Crippen LogP contribution in [-0.4, -0.2) is 21.2 Å². The fourth-order valence-electron chi connectivity index (χ4n) is 8.64. The highest BCUT2D eigenvalue weighted by atomic mass is 35.5. The molecule has 0 amide bonds. The molecule has 0 aliphatic heterocycles. The van der Waals surface area contributed by atoms with E-state index in [1.807, 2.05) is 31.2 Å². The summed E-state index contributed by atoms with van der Waals surface area (Å²) in [5.41, 5.74) is 5.96. The molecule has 0 radical (unpaired) electrons. The predicted molar refractivity (Wildman–Crippen MR) is 170 cm³/mol. The van der Waals surface area contributed by atoms with E-state index in [9.17, 15) is 14.7 Å². The summed E-state index contributed by atoms with van der Waals surface area (Å²) in [6.45, 7) is 7.43. The Morgan fingerprint density at radius 1 is 1.14 bits per heavy atom. The summed E-state index contributed by atoms with van der Waals surface area (Å²) in [5.74, 6) is 0.423. The summed E-state index contributed by atoms with van der Waals surface area (Å²) in [5, 5.41) is 14.4. The summed E-state index contributed by atoms with van der Waals surface area (Å²) in [4.78, 5) is 25.8. The molecule has 1 heterocycles. The number of carboxylic acids is 1. The number of rotatable bonds is 7. The first kappa shape index (κ1) is 29.0. The average molecular weight is 587 g/mol. The predicted octanol–water partition coefficient (Wildman–Crippen LogP) is 7.90. The molecular weight excluding hydrogens is 544 g/mol. The quantitative estimate of drug-likeness (QED) is 0.295. The van der Waals surface area contributed by atoms with Crippen LogP contribution in [0.5, 0.6) is 0 Å². The van der Waals surface area contributed by atoms with Gasteiger partial charge in [0.1, 0.15) is 5.54 Å². The van der Waals surface area contributed by atoms with Crippen LogP contribution in [0.3, 0.4) is 0 Å². The van der Waals surface area contributed by atoms with Crippen molar-refractivity contribution in [2.24, 2.45) is 11.8 Å². The molecule has 6 heteroatoms. The molecule has 1 unspecified atom stereocenters. The van der Waals surface area contributed by atoms with E-state index in [0.29, 0.717) is 35.6 Å². The molecule has 222 valence electrons. The number of hydrogen-bond donors (Lipinski definition) is 2. The number of fused-ring (bicyclic) bond motifs is 3. The van der Waals surface area contributed by atoms with E-state index in [0.717, 1.165) is 68.3 Å². The van der Waals surface area contributed by atoms with Crippen LogP contribution < -0.4 is 10.7 Å². The second-order valence-corrected chi connectivity index (χ2v) is 14.0. The zero-order chi connectivity index (χ0) is 29.6. The first-order valence-corrected chi connectivity index (χ1v) is 16.1. The number of anilines is 1. The average Bonchev–Trinajstić information content (AvgIpc) is 3.25. The topological polar surface area (TPSA) is 71.3 Å². The minimum Gasteiger partial charge on any atom is -0.480 e. The summed E-state index contributed by atoms with van der Waals surface area (Å²) in [6.07, 6.45) is 10.2. The SMILES string of the molecule is Cc1cn(C[C@H](C)C[C@H]2Cc3ccccc3C23CCC(Nc2cccc(Cl)c2)(C(=O)O)CC3)c2c(c1=O)C(C)CCC2. The second kappa shape index (κ2) is 11.2. The van der Waals surface area contributed by atoms with Crippen molar-refractivity contribution in [3.8, 4) is 0 Å². The number of benzene rings is 2. The lowest BCUT2D eigenvalue weighted by Crippen LogP contribution is -2.53. The molecule has 1 saturated carbocycles. The van der Waals surface area contributed by atoms with Crippen molar-refractivity contribution in [1.29, 1.82) is 0 Å². The Hall–Kier alpha value is -3.05. The zero-order valence-electron chi connectivity index (χ0n) is 25.1. The lowest BCUT2D eigenvalue weighted by Gasteiger charge is -2.47. The van der Waals surface area contributed by atoms with Crippen molar-refractivity contribution in [3.05, 3.63) is 97.9 Å². The van der Waals surface area contributed by atoms with Gasteiger partial charge < -0.3 is 15.0 Å². The van der Waals surface area contributed by atoms with Gasteiger partial charge in [-0.3, -0.25) is 4.79 Å². The van der Waals surface area contributed by atoms with Gasteiger partial charge in [-0.1, -0.05) is 55.8 Å². The first-order valence-electron chi connectivity index (χ1n) is 15.7. The monoisotopic (exact) mass is 586 g/mol. The number of hydrogen-bond acceptors (Lipinski definition) is 3. The summed E-state index contributed by atoms with van der Waals surface area (Å²) in [7, 11) is 0. The van der Waals surface area contributed by atoms with Gasteiger partial charge in [-0.15, -0.1) is 0 Å². The lowest BCUT2D eigenvalue weighted by atomic mass is 9.59. The molecule has 2 aromatic carbocycles. The molecule has 5 nitrogen and oxygen atoms in total. The number of pyridine rings is 1. The van der Waals surface area contributed by atoms with E-state index < -0.39 is 11.5 Å². The number of carbonyl (C=O) groups is 1. The van der Waals surface area contributed by atoms with Crippen molar-refractivity contribution >= 4 is 23.3 Å². The van der Waals surface area contributed by atoms with Gasteiger partial charge in [0.15, 0.2) is 5.43 Å². The Bertz CT molecular complexity index is 1550. The number of nitrogens with zero attached hydrogens (tertiary/aromatic N) is 1. The van der Waals surface area contributed by atoms with Crippen molar-refractivity contribution < 1.29 is 9.90 Å². The summed E-state index contributed by atoms with van der Waals surface area (Å²) >= 11 is 6.23. The maximum atomic E-state index is 13.0. The van der Waals surface area contributed by atoms with Crippen molar-refractivity contribution in [2.45, 2.75) is 102 Å². The van der Waals surface area contributed by atoms with E-state index >= 15 is 0 Å². The van der Waals surface area contributed by atoms with Crippen LogP contribution in [0, 0.1) is 18.8 Å². The fourth-order valence-corrected chi connectivity index (χ4v) is 8.83. The Morgan fingerprint density at radius 2 is 1.90 bits per heavy atom. The van der Waals surface area contributed by atoms with Crippen molar-refractivity contribution in [2.75, 3.05) is 5.32 Å². The zero-order valence-corrected chi connectivity index (χ0v) is 25.8. The Kier molecular flexibility index (Phi) is 7.76. The third-order valence-electron chi connectivity index (χ3n) is 10.8. The first-order chi connectivity index (χ1) is 20.1. The van der Waals surface area contributed by atoms with Gasteiger partial charge in [-0.05, 0) is 117 Å². The van der Waals surface area contributed by atoms with E-state index in [1.165, 1.54) is 16.8 Å². The molecule has 3 aliphatic rings. The summed E-state index contributed by atoms with van der Waals surface area (Å²) in [6, 6.07) is 16.2. The second-order valence-electron chi connectivity index (χ2n) is 13.5. The Balaban J connectivity index is 1.26. The Labute approximate surface area is 254 Å². The largest absolute Gasteiger partial charge is 0.480 e. The minimum absolute atomic E-state index is 0.0206. The number of carboxylic acid groups (broad SMARTS) is 1. The maximum absolute atomic E-state index is 13.0. The number of halogens is 1. The molecule has 0 bridgehead atoms. The normalized spacial score (nSPS) is 27.3. The smallest absolute Gasteiger partial charge is 0.329 e. The van der Waals surface area contributed by atoms with Crippen LogP contribution in [0.2, 0.25) is 5.02 Å². The molecule has 3 aliphatic carbocycles. The van der Waals surface area contributed by atoms with Crippen LogP contribution >= 0.6 is 11.6 Å². The molecule has 1 fully saturated rings. The van der Waals surface area contributed by atoms with Gasteiger partial charge >= 0.3 is 5.97 Å². The van der Waals surface area contributed by atoms with Crippen LogP contribution in [-0.2, 0) is 29.6 Å². The molecule has 6 rings (SSSR count). The highest BCUT2D eigenvalue weighted by Crippen LogP contribution is 2.56. The molecule has 1 aromatic heterocycles. The molecule has 3 aromatic rings. The number of nitrogens with one attached hydrogen (secondary N) is 1. The lowest BCUT2D eigenvalue weighted by molar-refractivity contribution is -0.144. The third kappa shape index (κ3) is 5.08. The van der Waals surface area contributed by atoms with Crippen LogP contribution in [0.4, 0.5) is 5.69 Å². The number of aryl methyl sites for hydroxylation is 1. The van der Waals surface area contributed by atoms with Crippen molar-refractivity contribution in [3.63, 3.8) is 0 Å². The van der Waals surface area contributed by atoms with Gasteiger partial charge in [0.2, 0.25) is 0 Å². The van der Waals surface area contributed by atoms with Crippen LogP contribution in [0.1, 0.15) is 92.7 Å². The van der Waals surface area contributed by atoms with E-state index in [1.54, 1.807) is 0 Å². The maximum Gasteiger partial charge on any atom is 0.329 e. The van der Waals surface area contributed by atoms with Crippen LogP contribution in [0.15, 0.2) is 59.5 Å². The van der Waals surface area contributed by atoms with Gasteiger partial charge in [-0.25, -0.2) is 4.79 Å². The fraction of sp³-hybridized carbons (Fsp3) is 0.500. The van der Waals surface area contributed by atoms with Crippen molar-refractivity contribution in [1.82, 2.24) is 4.57 Å². The summed E-state index contributed by atoms with van der Waals surface area (Å²) < 4.78 is 2.40. The third-order valence-corrected chi connectivity index (χ3v) is 11.0. The van der Waals surface area contributed by atoms with Gasteiger partial charge in [-0.2, -0.15) is 0 Å². The van der Waals surface area contributed by atoms with E-state index in [2.05, 4.69) is 54.2 Å². The molecule has 3 atom stereocenters. The van der Waals surface area contributed by atoms with E-state index in [-0.39, 0.29) is 10.8 Å². The Morgan fingerprint density at radius 3 is 2.64 bits per heavy atom. The highest BCUT2D eigenvalue weighted by molar-refractivity contribution is 6.30. The molecular formula is C36H43ClN2O3. The van der Waals surface area contributed by atoms with Gasteiger partial charge in [0, 0.05) is 40.3 Å². The molecule has 2 N–H and O–H groups in total. The minimum atomic E-state index is -1.01. The molecule has 1 spiro atoms. The highest BCUT2D eigenvalue weighted by Gasteiger charge is 2.54. The molecule has 0 saturated heterocycles. The van der Waals surface area contributed by atoms with Crippen LogP contribution in [0.25, 0.3) is 0 Å². The number of aromatic nitrogens is 1. The standard InChI is InChI=1S/C36H43ClN2O3/c1-23(21-39-22-25(3)33(40)32-24(2)8-6-13-31(32)39)18-27-19-26-9-4-5-12-30(26)35(27)14-16-36(17-15-35,34(41)42)38-29-11-7-10-28(37)20-29/h4-5,7,9-12,20,22-24,27,38H,6,8,13-19,21H2,1-3H3,(H,41,42)/t23-,24?,27+,35?,36?/m1/s1. The van der Waals surface area contributed by atoms with Gasteiger partial charge in [0.25, 0.3) is 0 Å².